The molecule has 0 bridgehead atoms. The largest absolute Gasteiger partial charge is 0.485 e. The van der Waals surface area contributed by atoms with Crippen LogP contribution in [-0.2, 0) is 19.2 Å². The average molecular weight is 706 g/mol. The summed E-state index contributed by atoms with van der Waals surface area (Å²) in [5, 5.41) is 17.6. The molecule has 1 aromatic heterocycles. The molecule has 0 spiro atoms. The number of carbonyl (C=O) groups excluding carboxylic acids is 4. The Labute approximate surface area is 281 Å². The van der Waals surface area contributed by atoms with Crippen LogP contribution in [0.4, 0.5) is 5.69 Å². The van der Waals surface area contributed by atoms with Gasteiger partial charge in [0.05, 0.1) is 24.3 Å². The van der Waals surface area contributed by atoms with Crippen molar-refractivity contribution in [2.75, 3.05) is 11.9 Å². The Morgan fingerprint density at radius 3 is 2.15 bits per heavy atom. The molecule has 11 nitrogen and oxygen atoms in total. The summed E-state index contributed by atoms with van der Waals surface area (Å²) in [6, 6.07) is 24.4. The number of benzene rings is 3. The standard InChI is InChI=1S/C26H24BrN3O3.C9H13NO4/c1-26(2,17-31)33-22-14-12-20(13-15-22)28-25(32)23-16-30(21-6-4-3-5-7-21)29-24(23)18-8-10-19(27)11-9-18;1-6(2)5-9(13)14-10-7(11)3-4-8(10)12/h3-16,31H,17H2,1-2H3,(H,28,32);6H,3-5H2,1-2H3. The van der Waals surface area contributed by atoms with Gasteiger partial charge in [0.25, 0.3) is 17.7 Å². The third-order valence-electron chi connectivity index (χ3n) is 6.76. The highest BCUT2D eigenvalue weighted by Crippen LogP contribution is 2.27. The lowest BCUT2D eigenvalue weighted by atomic mass is 10.1. The minimum absolute atomic E-state index is 0.101. The van der Waals surface area contributed by atoms with Crippen molar-refractivity contribution in [2.24, 2.45) is 5.92 Å². The Balaban J connectivity index is 0.000000300. The second kappa shape index (κ2) is 15.7. The zero-order valence-electron chi connectivity index (χ0n) is 26.6. The van der Waals surface area contributed by atoms with E-state index in [0.29, 0.717) is 27.8 Å². The van der Waals surface area contributed by atoms with Gasteiger partial charge in [0.2, 0.25) is 0 Å². The summed E-state index contributed by atoms with van der Waals surface area (Å²) in [5.41, 5.74) is 2.70. The number of aliphatic hydroxyl groups excluding tert-OH is 1. The summed E-state index contributed by atoms with van der Waals surface area (Å²) in [6.07, 6.45) is 2.21. The number of hydrogen-bond donors (Lipinski definition) is 2. The van der Waals surface area contributed by atoms with Crippen LogP contribution in [-0.4, -0.2) is 55.8 Å². The normalized spacial score (nSPS) is 12.9. The fraction of sp³-hybridized carbons (Fsp3) is 0.286. The number of aromatic nitrogens is 2. The van der Waals surface area contributed by atoms with Crippen LogP contribution in [0, 0.1) is 5.92 Å². The second-order valence-electron chi connectivity index (χ2n) is 11.8. The Kier molecular flexibility index (Phi) is 11.7. The van der Waals surface area contributed by atoms with Crippen molar-refractivity contribution < 1.29 is 33.9 Å². The van der Waals surface area contributed by atoms with Crippen molar-refractivity contribution in [1.29, 1.82) is 0 Å². The first-order valence-corrected chi connectivity index (χ1v) is 15.8. The van der Waals surface area contributed by atoms with Crippen molar-refractivity contribution in [3.63, 3.8) is 0 Å². The van der Waals surface area contributed by atoms with Gasteiger partial charge >= 0.3 is 5.97 Å². The molecule has 1 aliphatic heterocycles. The van der Waals surface area contributed by atoms with Gasteiger partial charge in [0, 0.05) is 34.8 Å². The number of imide groups is 1. The molecule has 2 heterocycles. The van der Waals surface area contributed by atoms with Gasteiger partial charge < -0.3 is 20.0 Å². The van der Waals surface area contributed by atoms with Gasteiger partial charge in [-0.25, -0.2) is 9.48 Å². The van der Waals surface area contributed by atoms with E-state index in [4.69, 9.17) is 9.84 Å². The number of carbonyl (C=O) groups is 4. The molecule has 0 saturated carbocycles. The maximum atomic E-state index is 13.2. The zero-order chi connectivity index (χ0) is 34.1. The topological polar surface area (TPSA) is 140 Å². The van der Waals surface area contributed by atoms with Gasteiger partial charge in [0.1, 0.15) is 17.0 Å². The van der Waals surface area contributed by atoms with E-state index in [2.05, 4.69) is 26.1 Å². The highest BCUT2D eigenvalue weighted by molar-refractivity contribution is 9.10. The number of hydroxylamine groups is 2. The monoisotopic (exact) mass is 704 g/mol. The Morgan fingerprint density at radius 1 is 0.957 bits per heavy atom. The van der Waals surface area contributed by atoms with Gasteiger partial charge in [-0.2, -0.15) is 5.10 Å². The molecule has 3 amide bonds. The van der Waals surface area contributed by atoms with Crippen LogP contribution in [0.2, 0.25) is 0 Å². The maximum absolute atomic E-state index is 13.2. The molecule has 2 N–H and O–H groups in total. The van der Waals surface area contributed by atoms with E-state index in [1.165, 1.54) is 0 Å². The minimum Gasteiger partial charge on any atom is -0.485 e. The Hall–Kier alpha value is -4.81. The van der Waals surface area contributed by atoms with E-state index < -0.39 is 23.4 Å². The molecule has 12 heteroatoms. The van der Waals surface area contributed by atoms with Crippen LogP contribution < -0.4 is 10.1 Å². The lowest BCUT2D eigenvalue weighted by Gasteiger charge is -2.23. The van der Waals surface area contributed by atoms with E-state index in [1.54, 1.807) is 49.0 Å². The predicted octanol–water partition coefficient (Wildman–Crippen LogP) is 6.34. The number of anilines is 1. The Bertz CT molecular complexity index is 1690. The summed E-state index contributed by atoms with van der Waals surface area (Å²) in [5.74, 6) is -0.919. The van der Waals surface area contributed by atoms with Crippen LogP contribution in [0.3, 0.4) is 0 Å². The molecule has 47 heavy (non-hydrogen) atoms. The van der Waals surface area contributed by atoms with Crippen LogP contribution in [0.25, 0.3) is 16.9 Å². The van der Waals surface area contributed by atoms with Gasteiger partial charge in [-0.15, -0.1) is 5.06 Å². The van der Waals surface area contributed by atoms with Crippen LogP contribution >= 0.6 is 15.9 Å². The van der Waals surface area contributed by atoms with E-state index in [0.717, 1.165) is 15.7 Å². The molecule has 0 unspecified atom stereocenters. The van der Waals surface area contributed by atoms with Gasteiger partial charge in [-0.3, -0.25) is 14.4 Å². The van der Waals surface area contributed by atoms with Crippen molar-refractivity contribution >= 4 is 45.3 Å². The number of halogens is 1. The molecule has 246 valence electrons. The fourth-order valence-electron chi connectivity index (χ4n) is 4.36. The quantitative estimate of drug-likeness (QED) is 0.182. The number of ether oxygens (including phenoxy) is 1. The number of hydrogen-bond acceptors (Lipinski definition) is 8. The molecule has 1 saturated heterocycles. The van der Waals surface area contributed by atoms with E-state index in [1.807, 2.05) is 68.4 Å². The number of amides is 3. The smallest absolute Gasteiger partial charge is 0.333 e. The molecular weight excluding hydrogens is 668 g/mol. The highest BCUT2D eigenvalue weighted by Gasteiger charge is 2.32. The first-order chi connectivity index (χ1) is 22.3. The van der Waals surface area contributed by atoms with Gasteiger partial charge in [-0.1, -0.05) is 60.1 Å². The highest BCUT2D eigenvalue weighted by atomic mass is 79.9. The SMILES string of the molecule is CC(C)(CO)Oc1ccc(NC(=O)c2cn(-c3ccccc3)nc2-c2ccc(Br)cc2)cc1.CC(C)CC(=O)ON1C(=O)CCC1=O. The van der Waals surface area contributed by atoms with E-state index >= 15 is 0 Å². The first kappa shape index (κ1) is 35.1. The van der Waals surface area contributed by atoms with Gasteiger partial charge in [-0.05, 0) is 68.3 Å². The molecule has 1 aliphatic rings. The number of aliphatic hydroxyl groups is 1. The summed E-state index contributed by atoms with van der Waals surface area (Å²) in [4.78, 5) is 51.1. The third kappa shape index (κ3) is 9.84. The average Bonchev–Trinajstić information content (AvgIpc) is 3.62. The second-order valence-corrected chi connectivity index (χ2v) is 12.7. The third-order valence-corrected chi connectivity index (χ3v) is 7.29. The number of nitrogens with zero attached hydrogens (tertiary/aromatic N) is 3. The van der Waals surface area contributed by atoms with Crippen molar-refractivity contribution in [3.8, 4) is 22.7 Å². The molecule has 4 aromatic rings. The van der Waals surface area contributed by atoms with Crippen LogP contribution in [0.5, 0.6) is 5.75 Å². The number of nitrogens with one attached hydrogen (secondary N) is 1. The lowest BCUT2D eigenvalue weighted by Crippen LogP contribution is -2.32. The number of para-hydroxylation sites is 1. The van der Waals surface area contributed by atoms with Crippen LogP contribution in [0.1, 0.15) is 57.3 Å². The zero-order valence-corrected chi connectivity index (χ0v) is 28.2. The van der Waals surface area contributed by atoms with Gasteiger partial charge in [0.15, 0.2) is 0 Å². The molecule has 0 atom stereocenters. The van der Waals surface area contributed by atoms with Crippen molar-refractivity contribution in [3.05, 3.63) is 95.1 Å². The summed E-state index contributed by atoms with van der Waals surface area (Å²) < 4.78 is 8.41. The summed E-state index contributed by atoms with van der Waals surface area (Å²) in [6.45, 7) is 7.22. The predicted molar refractivity (Wildman–Crippen MR) is 180 cm³/mol. The minimum atomic E-state index is -0.684. The molecular formula is C35H37BrN4O7. The summed E-state index contributed by atoms with van der Waals surface area (Å²) >= 11 is 3.45. The molecule has 3 aromatic carbocycles. The molecule has 0 radical (unpaired) electrons. The maximum Gasteiger partial charge on any atom is 0.333 e. The van der Waals surface area contributed by atoms with E-state index in [-0.39, 0.29) is 37.7 Å². The molecule has 5 rings (SSSR count). The van der Waals surface area contributed by atoms with Crippen LogP contribution in [0.15, 0.2) is 89.5 Å². The fourth-order valence-corrected chi connectivity index (χ4v) is 4.62. The van der Waals surface area contributed by atoms with E-state index in [9.17, 15) is 24.3 Å². The summed E-state index contributed by atoms with van der Waals surface area (Å²) in [7, 11) is 0. The van der Waals surface area contributed by atoms with Crippen molar-refractivity contribution in [1.82, 2.24) is 14.8 Å². The Morgan fingerprint density at radius 2 is 1.57 bits per heavy atom. The lowest BCUT2D eigenvalue weighted by molar-refractivity contribution is -0.198. The molecule has 1 fully saturated rings. The van der Waals surface area contributed by atoms with Crippen molar-refractivity contribution in [2.45, 2.75) is 52.6 Å². The number of rotatable bonds is 10. The first-order valence-electron chi connectivity index (χ1n) is 15.0. The molecule has 0 aliphatic carbocycles.